The molecule has 0 saturated heterocycles. The molecule has 3 N–H and O–H groups in total. The second kappa shape index (κ2) is 5.92. The number of aryl methyl sites for hydroxylation is 1. The van der Waals surface area contributed by atoms with Crippen LogP contribution in [0.5, 0.6) is 0 Å². The van der Waals surface area contributed by atoms with Gasteiger partial charge in [0, 0.05) is 4.47 Å². The van der Waals surface area contributed by atoms with Crippen LogP contribution >= 0.6 is 15.9 Å². The fraction of sp³-hybridized carbons (Fsp3) is 0.143. The van der Waals surface area contributed by atoms with Gasteiger partial charge >= 0.3 is 5.97 Å². The predicted octanol–water partition coefficient (Wildman–Crippen LogP) is 3.26. The lowest BCUT2D eigenvalue weighted by atomic mass is 10.2. The van der Waals surface area contributed by atoms with E-state index in [9.17, 15) is 4.79 Å². The molecule has 0 spiro atoms. The number of hydrogen-bond acceptors (Lipinski definition) is 5. The Morgan fingerprint density at radius 2 is 2.15 bits per heavy atom. The van der Waals surface area contributed by atoms with E-state index in [0.717, 1.165) is 15.7 Å². The average Bonchev–Trinajstić information content (AvgIpc) is 2.44. The van der Waals surface area contributed by atoms with Crippen molar-refractivity contribution in [3.63, 3.8) is 0 Å². The summed E-state index contributed by atoms with van der Waals surface area (Å²) >= 11 is 3.46. The number of halogens is 1. The van der Waals surface area contributed by atoms with Crippen molar-refractivity contribution in [3.05, 3.63) is 46.1 Å². The topological polar surface area (TPSA) is 77.2 Å². The second-order valence-electron chi connectivity index (χ2n) is 4.26. The van der Waals surface area contributed by atoms with Crippen molar-refractivity contribution in [3.8, 4) is 0 Å². The number of nitrogen functional groups attached to an aromatic ring is 1. The van der Waals surface area contributed by atoms with E-state index >= 15 is 0 Å². The first-order chi connectivity index (χ1) is 9.51. The van der Waals surface area contributed by atoms with Crippen molar-refractivity contribution < 1.29 is 9.53 Å². The highest BCUT2D eigenvalue weighted by Crippen LogP contribution is 2.27. The fourth-order valence-electron chi connectivity index (χ4n) is 1.69. The van der Waals surface area contributed by atoms with Gasteiger partial charge in [0.05, 0.1) is 30.2 Å². The summed E-state index contributed by atoms with van der Waals surface area (Å²) in [6, 6.07) is 7.47. The van der Waals surface area contributed by atoms with E-state index in [1.807, 2.05) is 25.1 Å². The summed E-state index contributed by atoms with van der Waals surface area (Å²) in [5, 5.41) is 3.14. The van der Waals surface area contributed by atoms with Gasteiger partial charge in [-0.25, -0.2) is 9.78 Å². The largest absolute Gasteiger partial charge is 0.465 e. The van der Waals surface area contributed by atoms with Crippen molar-refractivity contribution in [2.45, 2.75) is 6.92 Å². The SMILES string of the molecule is COC(=O)c1cc(Nc2cc(C)ccc2Br)ncc1N. The number of benzene rings is 1. The third kappa shape index (κ3) is 3.08. The van der Waals surface area contributed by atoms with Gasteiger partial charge in [-0.1, -0.05) is 6.07 Å². The smallest absolute Gasteiger partial charge is 0.340 e. The number of rotatable bonds is 3. The van der Waals surface area contributed by atoms with Crippen molar-refractivity contribution in [2.24, 2.45) is 0 Å². The second-order valence-corrected chi connectivity index (χ2v) is 5.11. The van der Waals surface area contributed by atoms with Crippen molar-refractivity contribution in [2.75, 3.05) is 18.2 Å². The molecule has 1 heterocycles. The molecule has 0 fully saturated rings. The number of methoxy groups -OCH3 is 1. The Morgan fingerprint density at radius 3 is 2.85 bits per heavy atom. The molecular formula is C14H14BrN3O2. The van der Waals surface area contributed by atoms with Gasteiger partial charge < -0.3 is 15.8 Å². The zero-order valence-electron chi connectivity index (χ0n) is 11.1. The first-order valence-electron chi connectivity index (χ1n) is 5.88. The predicted molar refractivity (Wildman–Crippen MR) is 82.2 cm³/mol. The Morgan fingerprint density at radius 1 is 1.40 bits per heavy atom. The number of esters is 1. The molecule has 1 aromatic carbocycles. The molecule has 6 heteroatoms. The van der Waals surface area contributed by atoms with Crippen LogP contribution in [0, 0.1) is 6.92 Å². The summed E-state index contributed by atoms with van der Waals surface area (Å²) in [4.78, 5) is 15.7. The van der Waals surface area contributed by atoms with Gasteiger partial charge in [-0.3, -0.25) is 0 Å². The van der Waals surface area contributed by atoms with Crippen LogP contribution in [0.3, 0.4) is 0 Å². The van der Waals surface area contributed by atoms with Gasteiger partial charge in [0.25, 0.3) is 0 Å². The number of nitrogens with two attached hydrogens (primary N) is 1. The Kier molecular flexibility index (Phi) is 4.24. The standard InChI is InChI=1S/C14H14BrN3O2/c1-8-3-4-10(15)12(5-8)18-13-6-9(14(19)20-2)11(16)7-17-13/h3-7H,16H2,1-2H3,(H,17,18). The highest BCUT2D eigenvalue weighted by atomic mass is 79.9. The Labute approximate surface area is 125 Å². The van der Waals surface area contributed by atoms with Crippen LogP contribution in [0.4, 0.5) is 17.2 Å². The van der Waals surface area contributed by atoms with E-state index in [1.165, 1.54) is 13.3 Å². The monoisotopic (exact) mass is 335 g/mol. The summed E-state index contributed by atoms with van der Waals surface area (Å²) in [7, 11) is 1.31. The maximum atomic E-state index is 11.6. The molecule has 1 aromatic heterocycles. The summed E-state index contributed by atoms with van der Waals surface area (Å²) in [5.41, 5.74) is 8.25. The Balaban J connectivity index is 2.34. The van der Waals surface area contributed by atoms with E-state index < -0.39 is 5.97 Å². The molecule has 0 unspecified atom stereocenters. The third-order valence-corrected chi connectivity index (χ3v) is 3.42. The molecule has 0 bridgehead atoms. The number of carbonyl (C=O) groups is 1. The molecule has 0 aliphatic heterocycles. The van der Waals surface area contributed by atoms with E-state index in [0.29, 0.717) is 5.82 Å². The summed E-state index contributed by atoms with van der Waals surface area (Å²) < 4.78 is 5.59. The van der Waals surface area contributed by atoms with E-state index in [-0.39, 0.29) is 11.3 Å². The number of nitrogens with one attached hydrogen (secondary N) is 1. The Hall–Kier alpha value is -2.08. The number of nitrogens with zero attached hydrogens (tertiary/aromatic N) is 1. The van der Waals surface area contributed by atoms with Crippen LogP contribution in [0.1, 0.15) is 15.9 Å². The number of pyridine rings is 1. The van der Waals surface area contributed by atoms with Crippen LogP contribution in [-0.2, 0) is 4.74 Å². The van der Waals surface area contributed by atoms with Gasteiger partial charge in [0.2, 0.25) is 0 Å². The molecule has 0 saturated carbocycles. The maximum Gasteiger partial charge on any atom is 0.340 e. The summed E-state index contributed by atoms with van der Waals surface area (Å²) in [6.07, 6.45) is 1.43. The van der Waals surface area contributed by atoms with Crippen LogP contribution in [0.15, 0.2) is 34.9 Å². The van der Waals surface area contributed by atoms with Gasteiger partial charge in [-0.15, -0.1) is 0 Å². The fourth-order valence-corrected chi connectivity index (χ4v) is 2.04. The van der Waals surface area contributed by atoms with Gasteiger partial charge in [0.15, 0.2) is 0 Å². The number of aromatic nitrogens is 1. The number of carbonyl (C=O) groups excluding carboxylic acids is 1. The molecule has 2 aromatic rings. The minimum atomic E-state index is -0.490. The van der Waals surface area contributed by atoms with E-state index in [1.54, 1.807) is 6.07 Å². The molecule has 0 atom stereocenters. The molecule has 20 heavy (non-hydrogen) atoms. The highest BCUT2D eigenvalue weighted by molar-refractivity contribution is 9.10. The van der Waals surface area contributed by atoms with Crippen molar-refractivity contribution in [1.82, 2.24) is 4.98 Å². The third-order valence-electron chi connectivity index (χ3n) is 2.72. The molecule has 104 valence electrons. The summed E-state index contributed by atoms with van der Waals surface area (Å²) in [5.74, 6) is 0.0298. The van der Waals surface area contributed by atoms with Crippen LogP contribution in [-0.4, -0.2) is 18.1 Å². The summed E-state index contributed by atoms with van der Waals surface area (Å²) in [6.45, 7) is 1.99. The van der Waals surface area contributed by atoms with Crippen molar-refractivity contribution in [1.29, 1.82) is 0 Å². The average molecular weight is 336 g/mol. The molecule has 0 aliphatic rings. The molecular weight excluding hydrogens is 322 g/mol. The quantitative estimate of drug-likeness (QED) is 0.842. The maximum absolute atomic E-state index is 11.6. The first-order valence-corrected chi connectivity index (χ1v) is 6.67. The van der Waals surface area contributed by atoms with Crippen LogP contribution in [0.2, 0.25) is 0 Å². The van der Waals surface area contributed by atoms with Gasteiger partial charge in [-0.05, 0) is 46.6 Å². The zero-order valence-corrected chi connectivity index (χ0v) is 12.7. The van der Waals surface area contributed by atoms with Crippen molar-refractivity contribution >= 4 is 39.1 Å². The molecule has 2 rings (SSSR count). The van der Waals surface area contributed by atoms with Crippen LogP contribution in [0.25, 0.3) is 0 Å². The van der Waals surface area contributed by atoms with Crippen LogP contribution < -0.4 is 11.1 Å². The highest BCUT2D eigenvalue weighted by Gasteiger charge is 2.12. The van der Waals surface area contributed by atoms with Gasteiger partial charge in [0.1, 0.15) is 5.82 Å². The minimum absolute atomic E-state index is 0.283. The van der Waals surface area contributed by atoms with E-state index in [4.69, 9.17) is 5.73 Å². The lowest BCUT2D eigenvalue weighted by Gasteiger charge is -2.10. The first kappa shape index (κ1) is 14.3. The normalized spacial score (nSPS) is 10.2. The zero-order chi connectivity index (χ0) is 14.7. The number of ether oxygens (including phenoxy) is 1. The van der Waals surface area contributed by atoms with E-state index in [2.05, 4.69) is 31.0 Å². The molecule has 0 amide bonds. The number of hydrogen-bond donors (Lipinski definition) is 2. The lowest BCUT2D eigenvalue weighted by molar-refractivity contribution is 0.0602. The minimum Gasteiger partial charge on any atom is -0.465 e. The van der Waals surface area contributed by atoms with Gasteiger partial charge in [-0.2, -0.15) is 0 Å². The molecule has 0 aliphatic carbocycles. The number of anilines is 3. The molecule has 0 radical (unpaired) electrons. The lowest BCUT2D eigenvalue weighted by Crippen LogP contribution is -2.07. The molecule has 5 nitrogen and oxygen atoms in total. The Bertz CT molecular complexity index is 659.